The van der Waals surface area contributed by atoms with E-state index in [0.717, 1.165) is 0 Å². The molecule has 0 saturated heterocycles. The third-order valence-electron chi connectivity index (χ3n) is 1.47. The minimum atomic E-state index is -0.793. The van der Waals surface area contributed by atoms with Gasteiger partial charge in [-0.2, -0.15) is 0 Å². The van der Waals surface area contributed by atoms with Crippen molar-refractivity contribution in [2.45, 2.75) is 26.7 Å². The Hall–Kier alpha value is -1.12. The Bertz CT molecular complexity index is 194. The van der Waals surface area contributed by atoms with Crippen LogP contribution < -0.4 is 0 Å². The number of allylic oxidation sites excluding steroid dienone is 2. The van der Waals surface area contributed by atoms with Gasteiger partial charge in [0.1, 0.15) is 0 Å². The third-order valence-corrected chi connectivity index (χ3v) is 1.47. The summed E-state index contributed by atoms with van der Waals surface area (Å²) in [4.78, 5) is 20.6. The first-order valence-corrected chi connectivity index (χ1v) is 3.93. The summed E-state index contributed by atoms with van der Waals surface area (Å²) in [5, 5.41) is 8.35. The fourth-order valence-corrected chi connectivity index (χ4v) is 0.747. The highest BCUT2D eigenvalue weighted by Gasteiger charge is 2.01. The number of hydrogen-bond acceptors (Lipinski definition) is 2. The van der Waals surface area contributed by atoms with Crippen LogP contribution in [0.5, 0.6) is 0 Å². The maximum Gasteiger partial charge on any atom is 0.303 e. The molecule has 0 amide bonds. The average molecular weight is 170 g/mol. The van der Waals surface area contributed by atoms with E-state index in [4.69, 9.17) is 5.11 Å². The van der Waals surface area contributed by atoms with E-state index in [1.54, 1.807) is 6.08 Å². The van der Waals surface area contributed by atoms with Crippen molar-refractivity contribution in [1.82, 2.24) is 0 Å². The summed E-state index contributed by atoms with van der Waals surface area (Å²) in [7, 11) is 0. The molecule has 0 aromatic carbocycles. The minimum absolute atomic E-state index is 0.00262. The summed E-state index contributed by atoms with van der Waals surface area (Å²) in [6.07, 6.45) is 3.96. The molecule has 0 saturated carbocycles. The molecule has 0 radical (unpaired) electrons. The summed E-state index contributed by atoms with van der Waals surface area (Å²) < 4.78 is 0. The predicted molar refractivity (Wildman–Crippen MR) is 45.9 cm³/mol. The van der Waals surface area contributed by atoms with Crippen LogP contribution in [0.4, 0.5) is 0 Å². The second-order valence-corrected chi connectivity index (χ2v) is 2.88. The van der Waals surface area contributed by atoms with Crippen molar-refractivity contribution in [2.24, 2.45) is 5.92 Å². The van der Waals surface area contributed by atoms with Gasteiger partial charge in [-0.3, -0.25) is 9.59 Å². The van der Waals surface area contributed by atoms with E-state index in [-0.39, 0.29) is 18.1 Å². The van der Waals surface area contributed by atoms with Crippen molar-refractivity contribution in [2.75, 3.05) is 0 Å². The molecule has 0 aromatic rings. The standard InChI is InChI=1S/C9H14O3/c1-7(3-5-8(2)10)4-6-9(11)12/h3,5,7H,4,6H2,1-2H3,(H,11,12)/b5-3+/t7-/m1/s1. The average Bonchev–Trinajstić information content (AvgIpc) is 1.96. The zero-order chi connectivity index (χ0) is 9.56. The molecule has 0 unspecified atom stereocenters. The quantitative estimate of drug-likeness (QED) is 0.638. The normalized spacial score (nSPS) is 13.2. The molecular formula is C9H14O3. The van der Waals surface area contributed by atoms with Crippen molar-refractivity contribution < 1.29 is 14.7 Å². The second-order valence-electron chi connectivity index (χ2n) is 2.88. The Morgan fingerprint density at radius 3 is 2.50 bits per heavy atom. The molecule has 0 rings (SSSR count). The number of carboxylic acids is 1. The van der Waals surface area contributed by atoms with Gasteiger partial charge >= 0.3 is 5.97 Å². The SMILES string of the molecule is CC(=O)/C=C/[C@@H](C)CCC(=O)O. The van der Waals surface area contributed by atoms with Gasteiger partial charge in [0.15, 0.2) is 5.78 Å². The Balaban J connectivity index is 3.66. The lowest BCUT2D eigenvalue weighted by atomic mass is 10.1. The Morgan fingerprint density at radius 1 is 1.50 bits per heavy atom. The van der Waals surface area contributed by atoms with Crippen LogP contribution in [0.25, 0.3) is 0 Å². The van der Waals surface area contributed by atoms with Crippen LogP contribution in [0.2, 0.25) is 0 Å². The van der Waals surface area contributed by atoms with Gasteiger partial charge in [-0.1, -0.05) is 13.0 Å². The number of ketones is 1. The number of carboxylic acid groups (broad SMARTS) is 1. The highest BCUT2D eigenvalue weighted by atomic mass is 16.4. The molecule has 3 nitrogen and oxygen atoms in total. The molecule has 0 bridgehead atoms. The summed E-state index contributed by atoms with van der Waals surface area (Å²) in [6, 6.07) is 0. The first-order valence-electron chi connectivity index (χ1n) is 3.93. The first-order chi connectivity index (χ1) is 5.52. The zero-order valence-electron chi connectivity index (χ0n) is 7.41. The van der Waals surface area contributed by atoms with Crippen LogP contribution in [0, 0.1) is 5.92 Å². The number of hydrogen-bond donors (Lipinski definition) is 1. The lowest BCUT2D eigenvalue weighted by molar-refractivity contribution is -0.137. The van der Waals surface area contributed by atoms with E-state index in [2.05, 4.69) is 0 Å². The molecule has 68 valence electrons. The van der Waals surface area contributed by atoms with Gasteiger partial charge in [-0.25, -0.2) is 0 Å². The van der Waals surface area contributed by atoms with E-state index in [1.165, 1.54) is 13.0 Å². The Kier molecular flexibility index (Phi) is 5.00. The van der Waals surface area contributed by atoms with E-state index in [0.29, 0.717) is 6.42 Å². The van der Waals surface area contributed by atoms with Crippen LogP contribution in [0.1, 0.15) is 26.7 Å². The molecule has 0 fully saturated rings. The molecule has 3 heteroatoms. The number of carbonyl (C=O) groups is 2. The minimum Gasteiger partial charge on any atom is -0.481 e. The molecule has 0 heterocycles. The summed E-state index contributed by atoms with van der Waals surface area (Å²) in [5.74, 6) is -0.639. The van der Waals surface area contributed by atoms with E-state index in [9.17, 15) is 9.59 Å². The van der Waals surface area contributed by atoms with Crippen molar-refractivity contribution >= 4 is 11.8 Å². The Labute approximate surface area is 72.1 Å². The summed E-state index contributed by atoms with van der Waals surface area (Å²) in [5.41, 5.74) is 0. The Morgan fingerprint density at radius 2 is 2.08 bits per heavy atom. The first kappa shape index (κ1) is 10.9. The third kappa shape index (κ3) is 6.99. The highest BCUT2D eigenvalue weighted by Crippen LogP contribution is 2.06. The predicted octanol–water partition coefficient (Wildman–Crippen LogP) is 1.63. The van der Waals surface area contributed by atoms with Crippen molar-refractivity contribution in [1.29, 1.82) is 0 Å². The van der Waals surface area contributed by atoms with Gasteiger partial charge in [0.25, 0.3) is 0 Å². The molecule has 0 aliphatic heterocycles. The topological polar surface area (TPSA) is 54.4 Å². The molecule has 1 atom stereocenters. The van der Waals surface area contributed by atoms with Gasteiger partial charge in [-0.15, -0.1) is 0 Å². The van der Waals surface area contributed by atoms with Gasteiger partial charge in [0.2, 0.25) is 0 Å². The zero-order valence-corrected chi connectivity index (χ0v) is 7.41. The van der Waals surface area contributed by atoms with Gasteiger partial charge in [0.05, 0.1) is 0 Å². The molecule has 0 aliphatic carbocycles. The van der Waals surface area contributed by atoms with Crippen LogP contribution in [0.15, 0.2) is 12.2 Å². The number of carbonyl (C=O) groups excluding carboxylic acids is 1. The van der Waals surface area contributed by atoms with E-state index in [1.807, 2.05) is 6.92 Å². The largest absolute Gasteiger partial charge is 0.481 e. The molecule has 12 heavy (non-hydrogen) atoms. The van der Waals surface area contributed by atoms with Crippen molar-refractivity contribution in [3.05, 3.63) is 12.2 Å². The van der Waals surface area contributed by atoms with Crippen LogP contribution in [0.3, 0.4) is 0 Å². The maximum atomic E-state index is 10.5. The summed E-state index contributed by atoms with van der Waals surface area (Å²) >= 11 is 0. The lowest BCUT2D eigenvalue weighted by Gasteiger charge is -2.01. The smallest absolute Gasteiger partial charge is 0.303 e. The molecule has 1 N–H and O–H groups in total. The molecule has 0 spiro atoms. The molecule has 0 aromatic heterocycles. The van der Waals surface area contributed by atoms with Crippen molar-refractivity contribution in [3.63, 3.8) is 0 Å². The monoisotopic (exact) mass is 170 g/mol. The number of aliphatic carboxylic acids is 1. The van der Waals surface area contributed by atoms with Crippen molar-refractivity contribution in [3.8, 4) is 0 Å². The fourth-order valence-electron chi connectivity index (χ4n) is 0.747. The fraction of sp³-hybridized carbons (Fsp3) is 0.556. The van der Waals surface area contributed by atoms with E-state index < -0.39 is 5.97 Å². The van der Waals surface area contributed by atoms with Gasteiger partial charge in [-0.05, 0) is 25.3 Å². The lowest BCUT2D eigenvalue weighted by Crippen LogP contribution is -1.99. The maximum absolute atomic E-state index is 10.5. The molecule has 0 aliphatic rings. The van der Waals surface area contributed by atoms with Crippen LogP contribution in [-0.4, -0.2) is 16.9 Å². The second kappa shape index (κ2) is 5.52. The van der Waals surface area contributed by atoms with E-state index >= 15 is 0 Å². The highest BCUT2D eigenvalue weighted by molar-refractivity contribution is 5.87. The number of rotatable bonds is 5. The molecular weight excluding hydrogens is 156 g/mol. The van der Waals surface area contributed by atoms with Crippen LogP contribution in [-0.2, 0) is 9.59 Å². The van der Waals surface area contributed by atoms with Gasteiger partial charge in [0, 0.05) is 6.42 Å². The van der Waals surface area contributed by atoms with Crippen LogP contribution >= 0.6 is 0 Å². The summed E-state index contributed by atoms with van der Waals surface area (Å²) in [6.45, 7) is 3.36. The van der Waals surface area contributed by atoms with Gasteiger partial charge < -0.3 is 5.11 Å².